The van der Waals surface area contributed by atoms with Gasteiger partial charge in [-0.15, -0.1) is 0 Å². The molecular formula is C18H25FO. The van der Waals surface area contributed by atoms with Crippen LogP contribution >= 0.6 is 0 Å². The summed E-state index contributed by atoms with van der Waals surface area (Å²) in [6, 6.07) is 7.58. The molecule has 0 radical (unpaired) electrons. The predicted molar refractivity (Wildman–Crippen MR) is 81.0 cm³/mol. The van der Waals surface area contributed by atoms with E-state index in [2.05, 4.69) is 6.92 Å². The predicted octanol–water partition coefficient (Wildman–Crippen LogP) is 5.30. The van der Waals surface area contributed by atoms with Gasteiger partial charge in [-0.25, -0.2) is 4.39 Å². The minimum Gasteiger partial charge on any atom is -0.291 e. The molecule has 0 heterocycles. The minimum absolute atomic E-state index is 0.417. The van der Waals surface area contributed by atoms with Crippen LogP contribution in [-0.2, 0) is 0 Å². The monoisotopic (exact) mass is 276 g/mol. The number of hydrogen-bond donors (Lipinski definition) is 0. The Bertz CT molecular complexity index is 416. The van der Waals surface area contributed by atoms with E-state index < -0.39 is 12.5 Å². The average molecular weight is 276 g/mol. The van der Waals surface area contributed by atoms with Gasteiger partial charge >= 0.3 is 0 Å². The lowest BCUT2D eigenvalue weighted by Gasteiger charge is -2.28. The molecule has 1 aliphatic rings. The molecule has 0 saturated heterocycles. The maximum atomic E-state index is 12.3. The van der Waals surface area contributed by atoms with Gasteiger partial charge in [0.2, 0.25) is 0 Å². The summed E-state index contributed by atoms with van der Waals surface area (Å²) in [5.41, 5.74) is 1.81. The van der Waals surface area contributed by atoms with Crippen LogP contribution < -0.4 is 0 Å². The fourth-order valence-corrected chi connectivity index (χ4v) is 3.30. The van der Waals surface area contributed by atoms with Gasteiger partial charge < -0.3 is 0 Å². The Balaban J connectivity index is 1.89. The zero-order valence-corrected chi connectivity index (χ0v) is 12.4. The highest BCUT2D eigenvalue weighted by atomic mass is 19.1. The molecule has 0 spiro atoms. The molecule has 0 amide bonds. The van der Waals surface area contributed by atoms with Crippen LogP contribution in [0, 0.1) is 5.92 Å². The second-order valence-corrected chi connectivity index (χ2v) is 6.04. The van der Waals surface area contributed by atoms with Crippen molar-refractivity contribution in [2.24, 2.45) is 5.92 Å². The fraction of sp³-hybridized carbons (Fsp3) is 0.611. The molecule has 0 aromatic heterocycles. The van der Waals surface area contributed by atoms with Crippen molar-refractivity contribution in [1.29, 1.82) is 0 Å². The van der Waals surface area contributed by atoms with E-state index in [4.69, 9.17) is 0 Å². The molecule has 20 heavy (non-hydrogen) atoms. The summed E-state index contributed by atoms with van der Waals surface area (Å²) in [5.74, 6) is 1.13. The second kappa shape index (κ2) is 7.56. The minimum atomic E-state index is -0.901. The highest BCUT2D eigenvalue weighted by Crippen LogP contribution is 2.37. The molecule has 1 fully saturated rings. The first-order valence-electron chi connectivity index (χ1n) is 7.93. The Hall–Kier alpha value is -1.18. The van der Waals surface area contributed by atoms with Crippen molar-refractivity contribution in [1.82, 2.24) is 0 Å². The topological polar surface area (TPSA) is 17.1 Å². The van der Waals surface area contributed by atoms with Crippen molar-refractivity contribution >= 4 is 5.78 Å². The summed E-state index contributed by atoms with van der Waals surface area (Å²) in [6.45, 7) is 1.35. The largest absolute Gasteiger partial charge is 0.291 e. The van der Waals surface area contributed by atoms with Crippen LogP contribution in [0.2, 0.25) is 0 Å². The van der Waals surface area contributed by atoms with Gasteiger partial charge in [0.05, 0.1) is 0 Å². The van der Waals surface area contributed by atoms with E-state index in [9.17, 15) is 9.18 Å². The fourth-order valence-electron chi connectivity index (χ4n) is 3.30. The molecule has 1 aromatic carbocycles. The molecule has 0 aliphatic heterocycles. The molecule has 1 nitrogen and oxygen atoms in total. The van der Waals surface area contributed by atoms with Crippen LogP contribution in [0.4, 0.5) is 4.39 Å². The van der Waals surface area contributed by atoms with E-state index in [0.717, 1.165) is 5.92 Å². The van der Waals surface area contributed by atoms with Gasteiger partial charge in [-0.1, -0.05) is 50.5 Å². The van der Waals surface area contributed by atoms with Gasteiger partial charge in [0.1, 0.15) is 0 Å². The van der Waals surface area contributed by atoms with Gasteiger partial charge in [-0.3, -0.25) is 4.79 Å². The first kappa shape index (κ1) is 15.2. The zero-order valence-electron chi connectivity index (χ0n) is 12.4. The van der Waals surface area contributed by atoms with Crippen molar-refractivity contribution in [3.05, 3.63) is 35.4 Å². The van der Waals surface area contributed by atoms with Gasteiger partial charge in [0.15, 0.2) is 12.5 Å². The van der Waals surface area contributed by atoms with Crippen molar-refractivity contribution < 1.29 is 9.18 Å². The summed E-state index contributed by atoms with van der Waals surface area (Å²) in [4.78, 5) is 11.3. The standard InChI is InChI=1S/C18H25FO/c1-2-3-4-14-5-7-15(8-6-14)16-9-11-17(12-10-16)18(20)13-19/h9-12,14-15H,2-8,13H2,1H3. The van der Waals surface area contributed by atoms with Crippen LogP contribution in [0.15, 0.2) is 24.3 Å². The number of carbonyl (C=O) groups is 1. The summed E-state index contributed by atoms with van der Waals surface area (Å²) < 4.78 is 12.3. The molecular weight excluding hydrogens is 251 g/mol. The Morgan fingerprint density at radius 1 is 1.15 bits per heavy atom. The Morgan fingerprint density at radius 2 is 1.80 bits per heavy atom. The quantitative estimate of drug-likeness (QED) is 0.644. The number of halogens is 1. The summed E-state index contributed by atoms with van der Waals surface area (Å²) in [7, 11) is 0. The average Bonchev–Trinajstić information content (AvgIpc) is 2.53. The molecule has 1 aromatic rings. The molecule has 1 aliphatic carbocycles. The molecule has 0 atom stereocenters. The molecule has 0 N–H and O–H groups in total. The van der Waals surface area contributed by atoms with Crippen molar-refractivity contribution in [2.45, 2.75) is 57.8 Å². The van der Waals surface area contributed by atoms with Gasteiger partial charge in [0, 0.05) is 5.56 Å². The van der Waals surface area contributed by atoms with E-state index in [1.165, 1.54) is 50.5 Å². The normalized spacial score (nSPS) is 22.7. The molecule has 1 saturated carbocycles. The first-order valence-corrected chi connectivity index (χ1v) is 7.93. The Morgan fingerprint density at radius 3 is 2.35 bits per heavy atom. The van der Waals surface area contributed by atoms with E-state index in [1.54, 1.807) is 12.1 Å². The van der Waals surface area contributed by atoms with E-state index in [-0.39, 0.29) is 0 Å². The summed E-state index contributed by atoms with van der Waals surface area (Å²) in [6.07, 6.45) is 9.20. The Kier molecular flexibility index (Phi) is 5.75. The Labute approximate surface area is 121 Å². The molecule has 0 bridgehead atoms. The van der Waals surface area contributed by atoms with E-state index in [1.807, 2.05) is 12.1 Å². The van der Waals surface area contributed by atoms with Crippen LogP contribution in [0.3, 0.4) is 0 Å². The molecule has 2 heteroatoms. The number of alkyl halides is 1. The number of hydrogen-bond acceptors (Lipinski definition) is 1. The van der Waals surface area contributed by atoms with Crippen molar-refractivity contribution in [3.8, 4) is 0 Å². The first-order chi connectivity index (χ1) is 9.74. The third kappa shape index (κ3) is 3.91. The van der Waals surface area contributed by atoms with Crippen LogP contribution in [0.5, 0.6) is 0 Å². The lowest BCUT2D eigenvalue weighted by Crippen LogP contribution is -2.13. The summed E-state index contributed by atoms with van der Waals surface area (Å²) in [5, 5.41) is 0. The molecule has 0 unspecified atom stereocenters. The number of Topliss-reactive ketones (excluding diaryl/α,β-unsaturated/α-hetero) is 1. The molecule has 110 valence electrons. The zero-order chi connectivity index (χ0) is 14.4. The van der Waals surface area contributed by atoms with Crippen LogP contribution in [0.25, 0.3) is 0 Å². The smallest absolute Gasteiger partial charge is 0.193 e. The number of unbranched alkanes of at least 4 members (excludes halogenated alkanes) is 1. The number of carbonyl (C=O) groups excluding carboxylic acids is 1. The van der Waals surface area contributed by atoms with Crippen LogP contribution in [-0.4, -0.2) is 12.5 Å². The third-order valence-electron chi connectivity index (χ3n) is 4.64. The van der Waals surface area contributed by atoms with E-state index in [0.29, 0.717) is 11.5 Å². The van der Waals surface area contributed by atoms with Gasteiger partial charge in [-0.2, -0.15) is 0 Å². The maximum absolute atomic E-state index is 12.3. The summed E-state index contributed by atoms with van der Waals surface area (Å²) >= 11 is 0. The number of benzene rings is 1. The third-order valence-corrected chi connectivity index (χ3v) is 4.64. The lowest BCUT2D eigenvalue weighted by atomic mass is 9.77. The van der Waals surface area contributed by atoms with E-state index >= 15 is 0 Å². The van der Waals surface area contributed by atoms with Crippen molar-refractivity contribution in [3.63, 3.8) is 0 Å². The van der Waals surface area contributed by atoms with Gasteiger partial charge in [-0.05, 0) is 43.1 Å². The SMILES string of the molecule is CCCCC1CCC(c2ccc(C(=O)CF)cc2)CC1. The molecule has 2 rings (SSSR count). The number of rotatable bonds is 6. The number of ketones is 1. The second-order valence-electron chi connectivity index (χ2n) is 6.04. The highest BCUT2D eigenvalue weighted by molar-refractivity contribution is 5.96. The lowest BCUT2D eigenvalue weighted by molar-refractivity contribution is 0.0958. The highest BCUT2D eigenvalue weighted by Gasteiger charge is 2.22. The van der Waals surface area contributed by atoms with Crippen molar-refractivity contribution in [2.75, 3.05) is 6.67 Å². The van der Waals surface area contributed by atoms with Gasteiger partial charge in [0.25, 0.3) is 0 Å². The van der Waals surface area contributed by atoms with Crippen LogP contribution in [0.1, 0.15) is 73.7 Å². The maximum Gasteiger partial charge on any atom is 0.193 e.